The Bertz CT molecular complexity index is 662. The number of nitrogens with one attached hydrogen (secondary N) is 1. The largest absolute Gasteiger partial charge is 0.478 e. The van der Waals surface area contributed by atoms with Gasteiger partial charge in [-0.05, 0) is 35.9 Å². The smallest absolute Gasteiger partial charge is 0.335 e. The molecule has 0 spiro atoms. The highest BCUT2D eigenvalue weighted by molar-refractivity contribution is 9.10. The van der Waals surface area contributed by atoms with Gasteiger partial charge in [0.15, 0.2) is 0 Å². The Morgan fingerprint density at radius 2 is 1.95 bits per heavy atom. The van der Waals surface area contributed by atoms with E-state index in [1.54, 1.807) is 18.2 Å². The highest BCUT2D eigenvalue weighted by Crippen LogP contribution is 2.27. The molecule has 0 saturated carbocycles. The van der Waals surface area contributed by atoms with Crippen LogP contribution in [0.1, 0.15) is 15.9 Å². The maximum atomic E-state index is 10.9. The van der Waals surface area contributed by atoms with Crippen LogP contribution in [0.2, 0.25) is 5.02 Å². The number of hydrogen-bond acceptors (Lipinski definition) is 2. The topological polar surface area (TPSA) is 49.3 Å². The predicted molar refractivity (Wildman–Crippen MR) is 87.6 cm³/mol. The quantitative estimate of drug-likeness (QED) is 0.718. The molecule has 0 radical (unpaired) electrons. The van der Waals surface area contributed by atoms with E-state index in [0.717, 1.165) is 20.2 Å². The first-order chi connectivity index (χ1) is 9.47. The van der Waals surface area contributed by atoms with Gasteiger partial charge in [0.05, 0.1) is 16.3 Å². The molecule has 0 amide bonds. The number of halogens is 3. The Labute approximate surface area is 138 Å². The zero-order valence-corrected chi connectivity index (χ0v) is 14.1. The molecule has 0 fully saturated rings. The minimum absolute atomic E-state index is 0.252. The van der Waals surface area contributed by atoms with E-state index in [4.69, 9.17) is 16.7 Å². The molecule has 2 N–H and O–H groups in total. The Kier molecular flexibility index (Phi) is 5.07. The van der Waals surface area contributed by atoms with Crippen LogP contribution >= 0.6 is 43.5 Å². The van der Waals surface area contributed by atoms with Gasteiger partial charge in [-0.25, -0.2) is 4.79 Å². The third kappa shape index (κ3) is 3.75. The molecular formula is C14H10Br2ClNO2. The molecule has 2 aromatic rings. The molecular weight excluding hydrogens is 409 g/mol. The fourth-order valence-electron chi connectivity index (χ4n) is 1.65. The third-order valence-corrected chi connectivity index (χ3v) is 4.24. The summed E-state index contributed by atoms with van der Waals surface area (Å²) in [7, 11) is 0. The van der Waals surface area contributed by atoms with Crippen LogP contribution in [0.25, 0.3) is 0 Å². The number of aromatic carboxylic acids is 1. The summed E-state index contributed by atoms with van der Waals surface area (Å²) < 4.78 is 1.66. The monoisotopic (exact) mass is 417 g/mol. The second-order valence-corrected chi connectivity index (χ2v) is 6.27. The summed E-state index contributed by atoms with van der Waals surface area (Å²) in [6, 6.07) is 10.5. The van der Waals surface area contributed by atoms with E-state index in [1.807, 2.05) is 18.2 Å². The standard InChI is InChI=1S/C14H10Br2ClNO2/c15-10-3-4-13(12(17)6-10)18-7-9-2-1-8(14(19)20)5-11(9)16/h1-6,18H,7H2,(H,19,20). The van der Waals surface area contributed by atoms with E-state index in [2.05, 4.69) is 37.2 Å². The molecule has 0 unspecified atom stereocenters. The van der Waals surface area contributed by atoms with Crippen LogP contribution in [0.3, 0.4) is 0 Å². The van der Waals surface area contributed by atoms with Gasteiger partial charge in [0.2, 0.25) is 0 Å². The fourth-order valence-corrected chi connectivity index (χ4v) is 2.91. The molecule has 2 rings (SSSR count). The van der Waals surface area contributed by atoms with E-state index >= 15 is 0 Å². The molecule has 3 nitrogen and oxygen atoms in total. The van der Waals surface area contributed by atoms with Gasteiger partial charge < -0.3 is 10.4 Å². The van der Waals surface area contributed by atoms with Crippen molar-refractivity contribution < 1.29 is 9.90 Å². The average molecular weight is 420 g/mol. The lowest BCUT2D eigenvalue weighted by Gasteiger charge is -2.10. The first kappa shape index (κ1) is 15.4. The van der Waals surface area contributed by atoms with Gasteiger partial charge in [0, 0.05) is 15.5 Å². The summed E-state index contributed by atoms with van der Waals surface area (Å²) in [5.41, 5.74) is 2.03. The minimum atomic E-state index is -0.943. The van der Waals surface area contributed by atoms with Gasteiger partial charge >= 0.3 is 5.97 Å². The van der Waals surface area contributed by atoms with Crippen molar-refractivity contribution in [2.24, 2.45) is 0 Å². The zero-order valence-electron chi connectivity index (χ0n) is 10.2. The molecule has 0 aliphatic heterocycles. The normalized spacial score (nSPS) is 10.3. The maximum Gasteiger partial charge on any atom is 0.335 e. The van der Waals surface area contributed by atoms with Crippen molar-refractivity contribution in [2.75, 3.05) is 5.32 Å². The van der Waals surface area contributed by atoms with Crippen LogP contribution in [0.15, 0.2) is 45.3 Å². The number of rotatable bonds is 4. The van der Waals surface area contributed by atoms with Crippen molar-refractivity contribution in [3.8, 4) is 0 Å². The lowest BCUT2D eigenvalue weighted by molar-refractivity contribution is 0.0697. The second kappa shape index (κ2) is 6.61. The number of benzene rings is 2. The Morgan fingerprint density at radius 1 is 1.20 bits per heavy atom. The third-order valence-electron chi connectivity index (χ3n) is 2.70. The molecule has 0 bridgehead atoms. The Morgan fingerprint density at radius 3 is 2.55 bits per heavy atom. The molecule has 2 aromatic carbocycles. The average Bonchev–Trinajstić information content (AvgIpc) is 2.38. The lowest BCUT2D eigenvalue weighted by atomic mass is 10.1. The molecule has 0 aliphatic carbocycles. The van der Waals surface area contributed by atoms with Crippen molar-refractivity contribution in [3.63, 3.8) is 0 Å². The van der Waals surface area contributed by atoms with Gasteiger partial charge in [-0.2, -0.15) is 0 Å². The molecule has 0 saturated heterocycles. The second-order valence-electron chi connectivity index (χ2n) is 4.09. The first-order valence-corrected chi connectivity index (χ1v) is 7.64. The highest BCUT2D eigenvalue weighted by atomic mass is 79.9. The number of carbonyl (C=O) groups is 1. The van der Waals surface area contributed by atoms with Crippen LogP contribution in [0, 0.1) is 0 Å². The van der Waals surface area contributed by atoms with Crippen LogP contribution in [-0.2, 0) is 6.54 Å². The van der Waals surface area contributed by atoms with Crippen LogP contribution in [0.4, 0.5) is 5.69 Å². The van der Waals surface area contributed by atoms with E-state index in [0.29, 0.717) is 11.6 Å². The summed E-state index contributed by atoms with van der Waals surface area (Å²) >= 11 is 12.8. The van der Waals surface area contributed by atoms with Crippen LogP contribution in [-0.4, -0.2) is 11.1 Å². The number of carboxylic acid groups (broad SMARTS) is 1. The summed E-state index contributed by atoms with van der Waals surface area (Å²) in [4.78, 5) is 10.9. The van der Waals surface area contributed by atoms with E-state index < -0.39 is 5.97 Å². The maximum absolute atomic E-state index is 10.9. The van der Waals surface area contributed by atoms with Gasteiger partial charge in [0.1, 0.15) is 0 Å². The SMILES string of the molecule is O=C(O)c1ccc(CNc2ccc(Br)cc2Cl)c(Br)c1. The van der Waals surface area contributed by atoms with Gasteiger partial charge in [-0.15, -0.1) is 0 Å². The first-order valence-electron chi connectivity index (χ1n) is 5.68. The fraction of sp³-hybridized carbons (Fsp3) is 0.0714. The molecule has 20 heavy (non-hydrogen) atoms. The lowest BCUT2D eigenvalue weighted by Crippen LogP contribution is -2.03. The summed E-state index contributed by atoms with van der Waals surface area (Å²) in [6.07, 6.45) is 0. The van der Waals surface area contributed by atoms with Crippen LogP contribution in [0.5, 0.6) is 0 Å². The van der Waals surface area contributed by atoms with Crippen molar-refractivity contribution in [1.82, 2.24) is 0 Å². The van der Waals surface area contributed by atoms with Crippen molar-refractivity contribution in [2.45, 2.75) is 6.54 Å². The summed E-state index contributed by atoms with van der Waals surface area (Å²) in [5.74, 6) is -0.943. The number of anilines is 1. The summed E-state index contributed by atoms with van der Waals surface area (Å²) in [6.45, 7) is 0.543. The van der Waals surface area contributed by atoms with Crippen molar-refractivity contribution >= 4 is 55.1 Å². The van der Waals surface area contributed by atoms with Gasteiger partial charge in [-0.1, -0.05) is 49.5 Å². The van der Waals surface area contributed by atoms with Crippen LogP contribution < -0.4 is 5.32 Å². The molecule has 0 heterocycles. The number of carboxylic acids is 1. The minimum Gasteiger partial charge on any atom is -0.478 e. The van der Waals surface area contributed by atoms with E-state index in [1.165, 1.54) is 0 Å². The molecule has 6 heteroatoms. The van der Waals surface area contributed by atoms with E-state index in [-0.39, 0.29) is 5.56 Å². The summed E-state index contributed by atoms with van der Waals surface area (Å²) in [5, 5.41) is 12.8. The Hall–Kier alpha value is -1.04. The molecule has 0 aromatic heterocycles. The molecule has 0 aliphatic rings. The van der Waals surface area contributed by atoms with Crippen molar-refractivity contribution in [3.05, 3.63) is 61.5 Å². The van der Waals surface area contributed by atoms with Gasteiger partial charge in [-0.3, -0.25) is 0 Å². The highest BCUT2D eigenvalue weighted by Gasteiger charge is 2.07. The predicted octanol–water partition coefficient (Wildman–Crippen LogP) is 5.18. The van der Waals surface area contributed by atoms with Gasteiger partial charge in [0.25, 0.3) is 0 Å². The zero-order chi connectivity index (χ0) is 14.7. The van der Waals surface area contributed by atoms with E-state index in [9.17, 15) is 4.79 Å². The Balaban J connectivity index is 2.13. The number of hydrogen-bond donors (Lipinski definition) is 2. The van der Waals surface area contributed by atoms with Crippen molar-refractivity contribution in [1.29, 1.82) is 0 Å². The molecule has 0 atom stereocenters. The molecule has 104 valence electrons.